The Bertz CT molecular complexity index is 1430. The maximum Gasteiger partial charge on any atom is 0.416 e. The van der Waals surface area contributed by atoms with Gasteiger partial charge in [-0.15, -0.1) is 0 Å². The maximum absolute atomic E-state index is 14.1. The Morgan fingerprint density at radius 1 is 1.05 bits per heavy atom. The second-order valence-corrected chi connectivity index (χ2v) is 9.72. The Morgan fingerprint density at radius 3 is 2.49 bits per heavy atom. The van der Waals surface area contributed by atoms with Crippen molar-refractivity contribution in [2.75, 3.05) is 37.6 Å². The number of nitrogens with one attached hydrogen (secondary N) is 1. The molecule has 0 bridgehead atoms. The number of halogens is 4. The molecule has 3 aromatic rings. The molecule has 0 aliphatic carbocycles. The van der Waals surface area contributed by atoms with E-state index >= 15 is 0 Å². The van der Waals surface area contributed by atoms with Crippen LogP contribution < -0.4 is 24.4 Å². The highest BCUT2D eigenvalue weighted by Gasteiger charge is 2.36. The Labute approximate surface area is 239 Å². The molecule has 0 aromatic heterocycles. The molecule has 1 aliphatic heterocycles. The van der Waals surface area contributed by atoms with Crippen LogP contribution in [0.4, 0.5) is 24.5 Å². The zero-order valence-corrected chi connectivity index (χ0v) is 23.0. The normalized spacial score (nSPS) is 13.4. The van der Waals surface area contributed by atoms with E-state index in [0.717, 1.165) is 12.1 Å². The molecule has 218 valence electrons. The van der Waals surface area contributed by atoms with Gasteiger partial charge in [-0.25, -0.2) is 0 Å². The lowest BCUT2D eigenvalue weighted by Crippen LogP contribution is -2.37. The number of rotatable bonds is 11. The smallest absolute Gasteiger partial charge is 0.416 e. The van der Waals surface area contributed by atoms with E-state index in [9.17, 15) is 22.8 Å². The van der Waals surface area contributed by atoms with Crippen molar-refractivity contribution >= 4 is 34.9 Å². The number of aliphatic carboxylic acids is 1. The number of methoxy groups -OCH3 is 2. The first kappa shape index (κ1) is 29.9. The van der Waals surface area contributed by atoms with E-state index in [1.165, 1.54) is 25.2 Å². The van der Waals surface area contributed by atoms with Gasteiger partial charge in [0.25, 0.3) is 5.91 Å². The molecule has 0 fully saturated rings. The molecule has 2 N–H and O–H groups in total. The topological polar surface area (TPSA) is 97.3 Å². The summed E-state index contributed by atoms with van der Waals surface area (Å²) >= 11 is 6.16. The first-order chi connectivity index (χ1) is 19.5. The van der Waals surface area contributed by atoms with Gasteiger partial charge >= 0.3 is 12.1 Å². The van der Waals surface area contributed by atoms with Gasteiger partial charge in [0.15, 0.2) is 0 Å². The van der Waals surface area contributed by atoms with Crippen LogP contribution in [-0.4, -0.2) is 44.4 Å². The lowest BCUT2D eigenvalue weighted by atomic mass is 10.0. The van der Waals surface area contributed by atoms with Crippen LogP contribution in [0.5, 0.6) is 17.2 Å². The average molecular weight is 593 g/mol. The quantitative estimate of drug-likeness (QED) is 0.250. The van der Waals surface area contributed by atoms with E-state index in [0.29, 0.717) is 45.5 Å². The Hall–Kier alpha value is -4.12. The number of carbonyl (C=O) groups is 2. The van der Waals surface area contributed by atoms with Gasteiger partial charge in [0.2, 0.25) is 0 Å². The van der Waals surface area contributed by atoms with E-state index in [4.69, 9.17) is 30.9 Å². The van der Waals surface area contributed by atoms with Crippen molar-refractivity contribution in [3.8, 4) is 17.2 Å². The number of nitrogens with zero attached hydrogens (tertiary/aromatic N) is 1. The number of hydrogen-bond donors (Lipinski definition) is 2. The largest absolute Gasteiger partial charge is 0.497 e. The number of carbonyl (C=O) groups excluding carboxylic acids is 1. The number of anilines is 2. The molecular weight excluding hydrogens is 565 g/mol. The third-order valence-electron chi connectivity index (χ3n) is 6.56. The number of amides is 1. The molecule has 1 amide bonds. The van der Waals surface area contributed by atoms with Crippen molar-refractivity contribution < 1.29 is 42.1 Å². The summed E-state index contributed by atoms with van der Waals surface area (Å²) < 4.78 is 57.1. The van der Waals surface area contributed by atoms with Gasteiger partial charge < -0.3 is 29.5 Å². The SMILES string of the molecule is COc1cc(NC(C(=O)N2CCc3ccc(C(F)(F)F)cc32)c2ccc(Cl)cc2OC)cc(OCCCC(=O)O)c1. The summed E-state index contributed by atoms with van der Waals surface area (Å²) in [5, 5.41) is 12.4. The summed E-state index contributed by atoms with van der Waals surface area (Å²) in [4.78, 5) is 26.3. The fourth-order valence-electron chi connectivity index (χ4n) is 4.57. The molecule has 1 heterocycles. The van der Waals surface area contributed by atoms with Gasteiger partial charge in [0.05, 0.1) is 26.4 Å². The van der Waals surface area contributed by atoms with Crippen LogP contribution >= 0.6 is 11.6 Å². The molecule has 0 radical (unpaired) electrons. The molecule has 1 unspecified atom stereocenters. The summed E-state index contributed by atoms with van der Waals surface area (Å²) in [7, 11) is 2.88. The van der Waals surface area contributed by atoms with Crippen LogP contribution in [0.1, 0.15) is 35.6 Å². The second kappa shape index (κ2) is 12.6. The van der Waals surface area contributed by atoms with Crippen LogP contribution in [0.2, 0.25) is 5.02 Å². The van der Waals surface area contributed by atoms with Gasteiger partial charge in [-0.3, -0.25) is 9.59 Å². The fourth-order valence-corrected chi connectivity index (χ4v) is 4.73. The summed E-state index contributed by atoms with van der Waals surface area (Å²) in [5.41, 5.74) is 0.803. The Morgan fingerprint density at radius 2 is 1.80 bits per heavy atom. The third kappa shape index (κ3) is 7.15. The molecular formula is C29H28ClF3N2O6. The average Bonchev–Trinajstić information content (AvgIpc) is 3.36. The molecule has 0 saturated heterocycles. The lowest BCUT2D eigenvalue weighted by Gasteiger charge is -2.27. The molecule has 3 aromatic carbocycles. The molecule has 4 rings (SSSR count). The van der Waals surface area contributed by atoms with E-state index in [2.05, 4.69) is 5.32 Å². The molecule has 1 atom stereocenters. The standard InChI is InChI=1S/C29H28ClF3N2O6/c1-39-21-14-20(15-22(16-21)41-11-3-4-26(36)37)34-27(23-8-7-19(30)13-25(23)40-2)28(38)35-10-9-17-5-6-18(12-24(17)35)29(31,32)33/h5-8,12-16,27,34H,3-4,9-11H2,1-2H3,(H,36,37). The van der Waals surface area contributed by atoms with Crippen LogP contribution in [-0.2, 0) is 22.2 Å². The highest BCUT2D eigenvalue weighted by atomic mass is 35.5. The monoisotopic (exact) mass is 592 g/mol. The highest BCUT2D eigenvalue weighted by molar-refractivity contribution is 6.30. The number of alkyl halides is 3. The van der Waals surface area contributed by atoms with E-state index in [-0.39, 0.29) is 31.7 Å². The highest BCUT2D eigenvalue weighted by Crippen LogP contribution is 2.39. The first-order valence-corrected chi connectivity index (χ1v) is 13.0. The first-order valence-electron chi connectivity index (χ1n) is 12.7. The molecule has 1 aliphatic rings. The van der Waals surface area contributed by atoms with Gasteiger partial charge in [-0.05, 0) is 42.7 Å². The van der Waals surface area contributed by atoms with Crippen molar-refractivity contribution in [2.45, 2.75) is 31.5 Å². The number of fused-ring (bicyclic) bond motifs is 1. The minimum Gasteiger partial charge on any atom is -0.497 e. The zero-order valence-electron chi connectivity index (χ0n) is 22.3. The predicted molar refractivity (Wildman–Crippen MR) is 147 cm³/mol. The second-order valence-electron chi connectivity index (χ2n) is 9.29. The van der Waals surface area contributed by atoms with Crippen LogP contribution in [0.15, 0.2) is 54.6 Å². The number of hydrogen-bond acceptors (Lipinski definition) is 6. The summed E-state index contributed by atoms with van der Waals surface area (Å²) in [6, 6.07) is 11.9. The molecule has 8 nitrogen and oxygen atoms in total. The molecule has 12 heteroatoms. The van der Waals surface area contributed by atoms with Crippen molar-refractivity contribution in [2.24, 2.45) is 0 Å². The molecule has 0 spiro atoms. The van der Waals surface area contributed by atoms with Crippen LogP contribution in [0, 0.1) is 0 Å². The minimum atomic E-state index is -4.56. The van der Waals surface area contributed by atoms with Crippen molar-refractivity contribution in [3.05, 3.63) is 76.3 Å². The zero-order chi connectivity index (χ0) is 29.7. The van der Waals surface area contributed by atoms with E-state index in [1.807, 2.05) is 0 Å². The van der Waals surface area contributed by atoms with Crippen molar-refractivity contribution in [3.63, 3.8) is 0 Å². The van der Waals surface area contributed by atoms with Gasteiger partial charge in [-0.2, -0.15) is 13.2 Å². The summed E-state index contributed by atoms with van der Waals surface area (Å²) in [6.45, 7) is 0.331. The maximum atomic E-state index is 14.1. The predicted octanol–water partition coefficient (Wildman–Crippen LogP) is 6.36. The number of benzene rings is 3. The third-order valence-corrected chi connectivity index (χ3v) is 6.79. The molecule has 0 saturated carbocycles. The minimum absolute atomic E-state index is 0.0601. The van der Waals surface area contributed by atoms with Gasteiger partial charge in [0, 0.05) is 53.1 Å². The van der Waals surface area contributed by atoms with E-state index < -0.39 is 29.7 Å². The van der Waals surface area contributed by atoms with Crippen molar-refractivity contribution in [1.29, 1.82) is 0 Å². The number of carboxylic acids is 1. The van der Waals surface area contributed by atoms with Crippen molar-refractivity contribution in [1.82, 2.24) is 0 Å². The fraction of sp³-hybridized carbons (Fsp3) is 0.310. The van der Waals surface area contributed by atoms with Crippen LogP contribution in [0.3, 0.4) is 0 Å². The number of carboxylic acid groups (broad SMARTS) is 1. The van der Waals surface area contributed by atoms with Gasteiger partial charge in [-0.1, -0.05) is 23.7 Å². The lowest BCUT2D eigenvalue weighted by molar-refractivity contribution is -0.138. The number of ether oxygens (including phenoxy) is 3. The summed E-state index contributed by atoms with van der Waals surface area (Å²) in [6.07, 6.45) is -3.94. The Kier molecular flexibility index (Phi) is 9.17. The van der Waals surface area contributed by atoms with Gasteiger partial charge in [0.1, 0.15) is 23.3 Å². The van der Waals surface area contributed by atoms with Crippen LogP contribution in [0.25, 0.3) is 0 Å². The molecule has 41 heavy (non-hydrogen) atoms. The summed E-state index contributed by atoms with van der Waals surface area (Å²) in [5.74, 6) is -0.368. The van der Waals surface area contributed by atoms with E-state index in [1.54, 1.807) is 36.4 Å². The Balaban J connectivity index is 1.71.